The summed E-state index contributed by atoms with van der Waals surface area (Å²) in [6.45, 7) is 10.6. The van der Waals surface area contributed by atoms with Crippen LogP contribution in [0.15, 0.2) is 4.99 Å². The molecule has 2 aliphatic heterocycles. The Morgan fingerprint density at radius 2 is 1.88 bits per heavy atom. The number of hydrogen-bond donors (Lipinski definition) is 2. The summed E-state index contributed by atoms with van der Waals surface area (Å²) in [5, 5.41) is 6.91. The second kappa shape index (κ2) is 10.5. The van der Waals surface area contributed by atoms with Crippen molar-refractivity contribution in [2.45, 2.75) is 52.5 Å². The Labute approximate surface area is 169 Å². The van der Waals surface area contributed by atoms with Gasteiger partial charge in [-0.25, -0.2) is 0 Å². The molecule has 2 aliphatic rings. The van der Waals surface area contributed by atoms with E-state index in [0.29, 0.717) is 11.9 Å². The molecule has 0 aromatic carbocycles. The number of guanidine groups is 1. The predicted octanol–water partition coefficient (Wildman–Crippen LogP) is 2.23. The third-order valence-electron chi connectivity index (χ3n) is 5.29. The number of rotatable bonds is 6. The van der Waals surface area contributed by atoms with E-state index in [9.17, 15) is 4.79 Å². The summed E-state index contributed by atoms with van der Waals surface area (Å²) in [6, 6.07) is 0.382. The van der Waals surface area contributed by atoms with E-state index in [4.69, 9.17) is 4.74 Å². The van der Waals surface area contributed by atoms with E-state index < -0.39 is 0 Å². The zero-order chi connectivity index (χ0) is 17.6. The van der Waals surface area contributed by atoms with E-state index in [0.717, 1.165) is 64.5 Å². The number of amides is 1. The average molecular weight is 466 g/mol. The van der Waals surface area contributed by atoms with Gasteiger partial charge in [-0.3, -0.25) is 9.79 Å². The molecule has 0 radical (unpaired) electrons. The van der Waals surface area contributed by atoms with Gasteiger partial charge in [0.2, 0.25) is 5.91 Å². The molecule has 0 unspecified atom stereocenters. The zero-order valence-electron chi connectivity index (χ0n) is 16.1. The molecule has 1 amide bonds. The first-order valence-electron chi connectivity index (χ1n) is 9.35. The monoisotopic (exact) mass is 466 g/mol. The number of nitrogens with one attached hydrogen (secondary N) is 2. The van der Waals surface area contributed by atoms with E-state index in [2.05, 4.69) is 36.4 Å². The molecule has 2 heterocycles. The second-order valence-corrected chi connectivity index (χ2v) is 7.49. The van der Waals surface area contributed by atoms with Crippen molar-refractivity contribution in [2.75, 3.05) is 39.9 Å². The van der Waals surface area contributed by atoms with Crippen molar-refractivity contribution < 1.29 is 9.53 Å². The van der Waals surface area contributed by atoms with Gasteiger partial charge in [0.1, 0.15) is 0 Å². The maximum Gasteiger partial charge on any atom is 0.225 e. The molecule has 7 heteroatoms. The Hall–Kier alpha value is -0.570. The average Bonchev–Trinajstić information content (AvgIpc) is 2.58. The van der Waals surface area contributed by atoms with Gasteiger partial charge in [-0.15, -0.1) is 24.0 Å². The van der Waals surface area contributed by atoms with Crippen LogP contribution in [0, 0.1) is 11.3 Å². The number of aliphatic imine (C=N–C) groups is 1. The molecule has 2 N–H and O–H groups in total. The largest absolute Gasteiger partial charge is 0.380 e. The Morgan fingerprint density at radius 1 is 1.28 bits per heavy atom. The lowest BCUT2D eigenvalue weighted by atomic mass is 9.89. The van der Waals surface area contributed by atoms with Gasteiger partial charge in [0.15, 0.2) is 5.96 Å². The molecule has 6 nitrogen and oxygen atoms in total. The Kier molecular flexibility index (Phi) is 9.48. The van der Waals surface area contributed by atoms with Gasteiger partial charge in [0, 0.05) is 44.1 Å². The minimum Gasteiger partial charge on any atom is -0.380 e. The van der Waals surface area contributed by atoms with Crippen molar-refractivity contribution in [1.82, 2.24) is 15.5 Å². The van der Waals surface area contributed by atoms with E-state index in [1.807, 2.05) is 4.90 Å². The van der Waals surface area contributed by atoms with Crippen LogP contribution < -0.4 is 10.6 Å². The molecule has 2 fully saturated rings. The third kappa shape index (κ3) is 6.27. The fourth-order valence-electron chi connectivity index (χ4n) is 3.38. The number of likely N-dealkylation sites (tertiary alicyclic amines) is 1. The fourth-order valence-corrected chi connectivity index (χ4v) is 3.38. The van der Waals surface area contributed by atoms with Gasteiger partial charge in [-0.05, 0) is 25.7 Å². The molecule has 0 atom stereocenters. The highest BCUT2D eigenvalue weighted by molar-refractivity contribution is 14.0. The first-order valence-corrected chi connectivity index (χ1v) is 9.35. The van der Waals surface area contributed by atoms with Crippen LogP contribution in [0.5, 0.6) is 0 Å². The van der Waals surface area contributed by atoms with Gasteiger partial charge in [0.25, 0.3) is 0 Å². The first-order chi connectivity index (χ1) is 11.5. The quantitative estimate of drug-likeness (QED) is 0.358. The molecule has 2 saturated heterocycles. The van der Waals surface area contributed by atoms with Crippen LogP contribution in [0.3, 0.4) is 0 Å². The highest BCUT2D eigenvalue weighted by Gasteiger charge is 2.33. The fraction of sp³-hybridized carbons (Fsp3) is 0.889. The van der Waals surface area contributed by atoms with Crippen molar-refractivity contribution in [3.05, 3.63) is 0 Å². The van der Waals surface area contributed by atoms with Crippen LogP contribution in [-0.4, -0.2) is 62.7 Å². The van der Waals surface area contributed by atoms with Crippen molar-refractivity contribution in [2.24, 2.45) is 16.3 Å². The molecule has 0 aromatic heterocycles. The minimum absolute atomic E-state index is 0. The van der Waals surface area contributed by atoms with Crippen LogP contribution in [0.2, 0.25) is 0 Å². The van der Waals surface area contributed by atoms with E-state index >= 15 is 0 Å². The van der Waals surface area contributed by atoms with Crippen LogP contribution >= 0.6 is 24.0 Å². The van der Waals surface area contributed by atoms with Crippen LogP contribution in [0.4, 0.5) is 0 Å². The normalized spacial score (nSPS) is 20.7. The SMILES string of the molecule is CCC(CC)C(=O)N1CCC(NC(=NC)NCC2(C)COC2)CC1.I. The van der Waals surface area contributed by atoms with Crippen molar-refractivity contribution in [3.63, 3.8) is 0 Å². The number of carbonyl (C=O) groups excluding carboxylic acids is 1. The first kappa shape index (κ1) is 22.5. The van der Waals surface area contributed by atoms with E-state index in [1.165, 1.54) is 0 Å². The highest BCUT2D eigenvalue weighted by atomic mass is 127. The Balaban J connectivity index is 0.00000312. The van der Waals surface area contributed by atoms with Crippen molar-refractivity contribution in [1.29, 1.82) is 0 Å². The number of carbonyl (C=O) groups is 1. The van der Waals surface area contributed by atoms with Crippen molar-refractivity contribution >= 4 is 35.8 Å². The van der Waals surface area contributed by atoms with Crippen LogP contribution in [0.1, 0.15) is 46.5 Å². The third-order valence-corrected chi connectivity index (χ3v) is 5.29. The molecule has 146 valence electrons. The molecule has 0 aliphatic carbocycles. The van der Waals surface area contributed by atoms with Gasteiger partial charge in [-0.1, -0.05) is 20.8 Å². The summed E-state index contributed by atoms with van der Waals surface area (Å²) < 4.78 is 5.29. The Bertz CT molecular complexity index is 442. The minimum atomic E-state index is 0. The second-order valence-electron chi connectivity index (χ2n) is 7.49. The summed E-state index contributed by atoms with van der Waals surface area (Å²) in [5.41, 5.74) is 0.225. The zero-order valence-corrected chi connectivity index (χ0v) is 18.5. The maximum absolute atomic E-state index is 12.5. The number of hydrogen-bond acceptors (Lipinski definition) is 3. The van der Waals surface area contributed by atoms with Crippen molar-refractivity contribution in [3.8, 4) is 0 Å². The van der Waals surface area contributed by atoms with Gasteiger partial charge < -0.3 is 20.3 Å². The van der Waals surface area contributed by atoms with E-state index in [1.54, 1.807) is 7.05 Å². The summed E-state index contributed by atoms with van der Waals surface area (Å²) >= 11 is 0. The maximum atomic E-state index is 12.5. The number of piperidine rings is 1. The van der Waals surface area contributed by atoms with Crippen LogP contribution in [0.25, 0.3) is 0 Å². The molecule has 0 aromatic rings. The summed E-state index contributed by atoms with van der Waals surface area (Å²) in [7, 11) is 1.81. The molecule has 2 rings (SSSR count). The lowest BCUT2D eigenvalue weighted by Crippen LogP contribution is -2.54. The van der Waals surface area contributed by atoms with E-state index in [-0.39, 0.29) is 35.3 Å². The highest BCUT2D eigenvalue weighted by Crippen LogP contribution is 2.25. The number of halogens is 1. The summed E-state index contributed by atoms with van der Waals surface area (Å²) in [4.78, 5) is 18.8. The van der Waals surface area contributed by atoms with Crippen LogP contribution in [-0.2, 0) is 9.53 Å². The number of nitrogens with zero attached hydrogens (tertiary/aromatic N) is 2. The molecular formula is C18H35IN4O2. The summed E-state index contributed by atoms with van der Waals surface area (Å²) in [6.07, 6.45) is 3.83. The van der Waals surface area contributed by atoms with Gasteiger partial charge in [-0.2, -0.15) is 0 Å². The topological polar surface area (TPSA) is 66.0 Å². The standard InChI is InChI=1S/C18H34N4O2.HI/c1-5-14(6-2)16(23)22-9-7-15(8-10-22)21-17(19-4)20-11-18(3)12-24-13-18;/h14-15H,5-13H2,1-4H3,(H2,19,20,21);1H. The summed E-state index contributed by atoms with van der Waals surface area (Å²) in [5.74, 6) is 1.38. The van der Waals surface area contributed by atoms with Gasteiger partial charge in [0.05, 0.1) is 13.2 Å². The predicted molar refractivity (Wildman–Crippen MR) is 113 cm³/mol. The molecule has 25 heavy (non-hydrogen) atoms. The molecule has 0 saturated carbocycles. The lowest BCUT2D eigenvalue weighted by Gasteiger charge is -2.39. The molecule has 0 bridgehead atoms. The van der Waals surface area contributed by atoms with Gasteiger partial charge >= 0.3 is 0 Å². The Morgan fingerprint density at radius 3 is 2.32 bits per heavy atom. The smallest absolute Gasteiger partial charge is 0.225 e. The number of ether oxygens (including phenoxy) is 1. The molecule has 0 spiro atoms. The lowest BCUT2D eigenvalue weighted by molar-refractivity contribution is -0.136. The molecular weight excluding hydrogens is 431 g/mol.